The second-order valence-corrected chi connectivity index (χ2v) is 6.34. The highest BCUT2D eigenvalue weighted by Crippen LogP contribution is 2.26. The average Bonchev–Trinajstić information content (AvgIpc) is 3.01. The van der Waals surface area contributed by atoms with E-state index in [4.69, 9.17) is 9.84 Å². The third kappa shape index (κ3) is 4.41. The molecule has 6 nitrogen and oxygen atoms in total. The molecule has 0 unspecified atom stereocenters. The van der Waals surface area contributed by atoms with Crippen LogP contribution < -0.4 is 4.74 Å². The molecule has 3 rings (SSSR count). The lowest BCUT2D eigenvalue weighted by atomic mass is 10.1. The molecule has 29 heavy (non-hydrogen) atoms. The quantitative estimate of drug-likeness (QED) is 0.653. The van der Waals surface area contributed by atoms with Gasteiger partial charge in [0.25, 0.3) is 0 Å². The van der Waals surface area contributed by atoms with Gasteiger partial charge < -0.3 is 9.84 Å². The van der Waals surface area contributed by atoms with Gasteiger partial charge in [0.15, 0.2) is 17.4 Å². The van der Waals surface area contributed by atoms with E-state index in [0.717, 1.165) is 12.1 Å². The Bertz CT molecular complexity index is 1070. The average molecular weight is 397 g/mol. The lowest BCUT2D eigenvalue weighted by Gasteiger charge is -2.12. The molecule has 0 atom stereocenters. The van der Waals surface area contributed by atoms with Gasteiger partial charge in [0.2, 0.25) is 0 Å². The summed E-state index contributed by atoms with van der Waals surface area (Å²) in [6.07, 6.45) is -0.234. The van der Waals surface area contributed by atoms with E-state index in [9.17, 15) is 18.8 Å². The Balaban J connectivity index is 1.89. The van der Waals surface area contributed by atoms with Gasteiger partial charge >= 0.3 is 5.97 Å². The zero-order chi connectivity index (χ0) is 21.0. The number of benzene rings is 2. The maximum Gasteiger partial charge on any atom is 0.303 e. The Hall–Kier alpha value is -3.73. The number of aryl methyl sites for hydroxylation is 2. The number of hydrogen-bond acceptors (Lipinski definition) is 4. The molecule has 0 amide bonds. The highest BCUT2D eigenvalue weighted by Gasteiger charge is 2.19. The zero-order valence-corrected chi connectivity index (χ0v) is 15.5. The molecular weight excluding hydrogens is 380 g/mol. The first kappa shape index (κ1) is 20.0. The molecule has 0 spiro atoms. The van der Waals surface area contributed by atoms with Gasteiger partial charge in [-0.3, -0.25) is 4.79 Å². The number of hydrogen-bond donors (Lipinski definition) is 1. The van der Waals surface area contributed by atoms with Crippen molar-refractivity contribution in [2.75, 3.05) is 0 Å². The lowest BCUT2D eigenvalue weighted by molar-refractivity contribution is -0.136. The summed E-state index contributed by atoms with van der Waals surface area (Å²) in [6.45, 7) is 1.39. The van der Waals surface area contributed by atoms with Gasteiger partial charge in [-0.15, -0.1) is 0 Å². The zero-order valence-electron chi connectivity index (χ0n) is 15.5. The predicted molar refractivity (Wildman–Crippen MR) is 99.7 cm³/mol. The van der Waals surface area contributed by atoms with Crippen LogP contribution in [0.25, 0.3) is 5.69 Å². The van der Waals surface area contributed by atoms with E-state index < -0.39 is 23.4 Å². The van der Waals surface area contributed by atoms with Crippen molar-refractivity contribution >= 4 is 5.97 Å². The molecule has 0 saturated heterocycles. The lowest BCUT2D eigenvalue weighted by Crippen LogP contribution is -2.09. The molecule has 1 aromatic heterocycles. The summed E-state index contributed by atoms with van der Waals surface area (Å²) in [5, 5.41) is 22.5. The first-order chi connectivity index (χ1) is 13.9. The molecule has 3 aromatic rings. The van der Waals surface area contributed by atoms with Crippen molar-refractivity contribution in [3.8, 4) is 17.5 Å². The molecule has 0 bridgehead atoms. The van der Waals surface area contributed by atoms with Gasteiger partial charge in [-0.25, -0.2) is 13.5 Å². The first-order valence-electron chi connectivity index (χ1n) is 8.77. The number of nitriles is 1. The van der Waals surface area contributed by atoms with Crippen LogP contribution in [0.5, 0.6) is 5.75 Å². The molecule has 0 aliphatic heterocycles. The Morgan fingerprint density at radius 1 is 1.24 bits per heavy atom. The van der Waals surface area contributed by atoms with Gasteiger partial charge in [-0.2, -0.15) is 10.4 Å². The molecule has 8 heteroatoms. The maximum atomic E-state index is 14.3. The van der Waals surface area contributed by atoms with E-state index in [1.165, 1.54) is 4.68 Å². The van der Waals surface area contributed by atoms with Crippen LogP contribution in [0.4, 0.5) is 8.78 Å². The van der Waals surface area contributed by atoms with Crippen LogP contribution in [0.15, 0.2) is 42.5 Å². The normalized spacial score (nSPS) is 10.6. The van der Waals surface area contributed by atoms with Gasteiger partial charge in [0.05, 0.1) is 17.1 Å². The molecule has 0 aliphatic carbocycles. The van der Waals surface area contributed by atoms with Crippen LogP contribution in [0.1, 0.15) is 28.9 Å². The fourth-order valence-electron chi connectivity index (χ4n) is 2.92. The van der Waals surface area contributed by atoms with Crippen molar-refractivity contribution in [2.45, 2.75) is 26.4 Å². The Labute approximate surface area is 165 Å². The van der Waals surface area contributed by atoms with Crippen LogP contribution >= 0.6 is 0 Å². The van der Waals surface area contributed by atoms with E-state index in [0.29, 0.717) is 17.1 Å². The van der Waals surface area contributed by atoms with Crippen molar-refractivity contribution in [1.29, 1.82) is 5.26 Å². The number of halogens is 2. The van der Waals surface area contributed by atoms with Crippen molar-refractivity contribution in [3.05, 3.63) is 76.6 Å². The molecule has 1 N–H and O–H groups in total. The number of rotatable bonds is 7. The fraction of sp³-hybridized carbons (Fsp3) is 0.190. The van der Waals surface area contributed by atoms with Gasteiger partial charge in [-0.05, 0) is 43.2 Å². The monoisotopic (exact) mass is 397 g/mol. The Morgan fingerprint density at radius 2 is 1.90 bits per heavy atom. The van der Waals surface area contributed by atoms with Gasteiger partial charge in [0, 0.05) is 6.42 Å². The minimum Gasteiger partial charge on any atom is -0.481 e. The van der Waals surface area contributed by atoms with E-state index in [2.05, 4.69) is 5.10 Å². The number of carbonyl (C=O) groups is 1. The topological polar surface area (TPSA) is 88.1 Å². The summed E-state index contributed by atoms with van der Waals surface area (Å²) in [4.78, 5) is 10.6. The van der Waals surface area contributed by atoms with Crippen LogP contribution in [-0.2, 0) is 17.8 Å². The summed E-state index contributed by atoms with van der Waals surface area (Å²) < 4.78 is 35.6. The van der Waals surface area contributed by atoms with Crippen molar-refractivity contribution in [3.63, 3.8) is 0 Å². The molecule has 0 radical (unpaired) electrons. The molecule has 0 fully saturated rings. The highest BCUT2D eigenvalue weighted by atomic mass is 19.1. The summed E-state index contributed by atoms with van der Waals surface area (Å²) in [6, 6.07) is 13.2. The van der Waals surface area contributed by atoms with Crippen molar-refractivity contribution < 1.29 is 23.4 Å². The van der Waals surface area contributed by atoms with Crippen LogP contribution in [0, 0.1) is 29.9 Å². The number of carboxylic acid groups (broad SMARTS) is 1. The Kier molecular flexibility index (Phi) is 5.88. The smallest absolute Gasteiger partial charge is 0.303 e. The second-order valence-electron chi connectivity index (χ2n) is 6.34. The number of nitrogens with zero attached hydrogens (tertiary/aromatic N) is 3. The molecule has 0 saturated carbocycles. The van der Waals surface area contributed by atoms with Gasteiger partial charge in [-0.1, -0.05) is 18.2 Å². The number of aliphatic carboxylic acids is 1. The standard InChI is InChI=1S/C21H17F2N3O3/c1-13-16(11-24)19(26(25-13)15-5-3-2-4-6-15)12-29-21-17(22)9-14(10-18(21)23)7-8-20(27)28/h2-6,9-10H,7-8,12H2,1H3,(H,27,28). The summed E-state index contributed by atoms with van der Waals surface area (Å²) in [5.74, 6) is -3.52. The predicted octanol–water partition coefficient (Wildman–Crippen LogP) is 3.93. The van der Waals surface area contributed by atoms with Gasteiger partial charge in [0.1, 0.15) is 18.2 Å². The Morgan fingerprint density at radius 3 is 2.48 bits per heavy atom. The molecular formula is C21H17F2N3O3. The van der Waals surface area contributed by atoms with E-state index >= 15 is 0 Å². The fourth-order valence-corrected chi connectivity index (χ4v) is 2.92. The van der Waals surface area contributed by atoms with Crippen LogP contribution in [0.3, 0.4) is 0 Å². The number of ether oxygens (including phenoxy) is 1. The van der Waals surface area contributed by atoms with Crippen LogP contribution in [-0.4, -0.2) is 20.9 Å². The van der Waals surface area contributed by atoms with Crippen LogP contribution in [0.2, 0.25) is 0 Å². The summed E-state index contributed by atoms with van der Waals surface area (Å²) >= 11 is 0. The highest BCUT2D eigenvalue weighted by molar-refractivity contribution is 5.67. The third-order valence-corrected chi connectivity index (χ3v) is 4.31. The van der Waals surface area contributed by atoms with E-state index in [1.54, 1.807) is 31.2 Å². The molecule has 0 aliphatic rings. The molecule has 148 valence electrons. The largest absolute Gasteiger partial charge is 0.481 e. The van der Waals surface area contributed by atoms with E-state index in [1.807, 2.05) is 12.1 Å². The molecule has 2 aromatic carbocycles. The SMILES string of the molecule is Cc1nn(-c2ccccc2)c(COc2c(F)cc(CCC(=O)O)cc2F)c1C#N. The number of carboxylic acids is 1. The maximum absolute atomic E-state index is 14.3. The third-order valence-electron chi connectivity index (χ3n) is 4.31. The number of aromatic nitrogens is 2. The minimum atomic E-state index is -1.06. The molecule has 1 heterocycles. The summed E-state index contributed by atoms with van der Waals surface area (Å²) in [7, 11) is 0. The first-order valence-corrected chi connectivity index (χ1v) is 8.77. The number of para-hydroxylation sites is 1. The van der Waals surface area contributed by atoms with Crippen molar-refractivity contribution in [1.82, 2.24) is 9.78 Å². The van der Waals surface area contributed by atoms with Crippen molar-refractivity contribution in [2.24, 2.45) is 0 Å². The summed E-state index contributed by atoms with van der Waals surface area (Å²) in [5.41, 5.74) is 2.01. The second kappa shape index (κ2) is 8.52. The minimum absolute atomic E-state index is 0.00199. The van der Waals surface area contributed by atoms with E-state index in [-0.39, 0.29) is 30.6 Å².